The molecule has 0 amide bonds. The van der Waals surface area contributed by atoms with Gasteiger partial charge in [0.05, 0.1) is 6.54 Å². The van der Waals surface area contributed by atoms with Gasteiger partial charge in [-0.05, 0) is 32.4 Å². The summed E-state index contributed by atoms with van der Waals surface area (Å²) in [6.45, 7) is 5.36. The number of hydrogen-bond acceptors (Lipinski definition) is 6. The molecule has 2 N–H and O–H groups in total. The fraction of sp³-hybridized carbons (Fsp3) is 0.833. The summed E-state index contributed by atoms with van der Waals surface area (Å²) in [4.78, 5) is 9.08. The highest BCUT2D eigenvalue weighted by Crippen LogP contribution is 2.20. The van der Waals surface area contributed by atoms with Crippen molar-refractivity contribution < 1.29 is 4.52 Å². The third kappa shape index (κ3) is 2.71. The highest BCUT2D eigenvalue weighted by molar-refractivity contribution is 4.89. The molecule has 3 heterocycles. The number of nitrogens with zero attached hydrogens (tertiary/aromatic N) is 4. The van der Waals surface area contributed by atoms with E-state index in [1.807, 2.05) is 0 Å². The summed E-state index contributed by atoms with van der Waals surface area (Å²) in [7, 11) is 0. The topological polar surface area (TPSA) is 71.4 Å². The summed E-state index contributed by atoms with van der Waals surface area (Å²) >= 11 is 0. The van der Waals surface area contributed by atoms with Gasteiger partial charge in [-0.15, -0.1) is 0 Å². The Hall–Kier alpha value is -0.980. The molecule has 2 saturated heterocycles. The van der Waals surface area contributed by atoms with Crippen LogP contribution in [0.1, 0.15) is 25.1 Å². The molecular formula is C12H21N5O. The lowest BCUT2D eigenvalue weighted by Crippen LogP contribution is -2.46. The van der Waals surface area contributed by atoms with Gasteiger partial charge in [-0.3, -0.25) is 9.80 Å². The van der Waals surface area contributed by atoms with Crippen LogP contribution in [0.2, 0.25) is 0 Å². The summed E-state index contributed by atoms with van der Waals surface area (Å²) in [5.74, 6) is 0.788. The van der Waals surface area contributed by atoms with Gasteiger partial charge in [0.1, 0.15) is 0 Å². The lowest BCUT2D eigenvalue weighted by molar-refractivity contribution is 0.151. The van der Waals surface area contributed by atoms with Crippen molar-refractivity contribution in [3.63, 3.8) is 0 Å². The lowest BCUT2D eigenvalue weighted by atomic mass is 10.0. The largest absolute Gasteiger partial charge is 0.343 e. The van der Waals surface area contributed by atoms with Crippen molar-refractivity contribution in [1.29, 1.82) is 0 Å². The van der Waals surface area contributed by atoms with Gasteiger partial charge in [-0.25, -0.2) is 0 Å². The van der Waals surface area contributed by atoms with E-state index >= 15 is 0 Å². The molecule has 3 rings (SSSR count). The van der Waals surface area contributed by atoms with Crippen LogP contribution in [0.15, 0.2) is 10.9 Å². The molecule has 0 bridgehead atoms. The molecule has 0 spiro atoms. The van der Waals surface area contributed by atoms with Crippen LogP contribution >= 0.6 is 0 Å². The van der Waals surface area contributed by atoms with Crippen LogP contribution in [0.25, 0.3) is 0 Å². The first kappa shape index (κ1) is 12.1. The van der Waals surface area contributed by atoms with E-state index in [4.69, 9.17) is 10.3 Å². The Bertz CT molecular complexity index is 361. The Morgan fingerprint density at radius 1 is 1.28 bits per heavy atom. The zero-order valence-corrected chi connectivity index (χ0v) is 10.7. The van der Waals surface area contributed by atoms with Crippen LogP contribution in [0.5, 0.6) is 0 Å². The Kier molecular flexibility index (Phi) is 3.58. The van der Waals surface area contributed by atoms with E-state index in [2.05, 4.69) is 19.9 Å². The second-order valence-electron chi connectivity index (χ2n) is 5.40. The number of piperidine rings is 1. The molecule has 0 saturated carbocycles. The third-order valence-electron chi connectivity index (χ3n) is 4.11. The highest BCUT2D eigenvalue weighted by atomic mass is 16.5. The van der Waals surface area contributed by atoms with Crippen LogP contribution in [0.4, 0.5) is 0 Å². The van der Waals surface area contributed by atoms with E-state index in [9.17, 15) is 0 Å². The van der Waals surface area contributed by atoms with Crippen molar-refractivity contribution in [2.45, 2.75) is 37.9 Å². The average Bonchev–Trinajstić information content (AvgIpc) is 3.02. The van der Waals surface area contributed by atoms with Crippen molar-refractivity contribution in [2.75, 3.05) is 26.2 Å². The number of hydrogen-bond donors (Lipinski definition) is 1. The maximum atomic E-state index is 5.95. The Morgan fingerprint density at radius 3 is 2.83 bits per heavy atom. The van der Waals surface area contributed by atoms with E-state index in [1.165, 1.54) is 12.8 Å². The lowest BCUT2D eigenvalue weighted by Gasteiger charge is -2.34. The Balaban J connectivity index is 1.49. The SMILES string of the molecule is NC1CCN(C2CCN(Cc3ncon3)C2)CC1. The average molecular weight is 251 g/mol. The van der Waals surface area contributed by atoms with Crippen molar-refractivity contribution >= 4 is 0 Å². The quantitative estimate of drug-likeness (QED) is 0.819. The maximum Gasteiger partial charge on any atom is 0.213 e. The van der Waals surface area contributed by atoms with Crippen molar-refractivity contribution in [3.05, 3.63) is 12.2 Å². The number of aromatic nitrogens is 2. The molecular weight excluding hydrogens is 230 g/mol. The summed E-state index contributed by atoms with van der Waals surface area (Å²) < 4.78 is 4.77. The van der Waals surface area contributed by atoms with Crippen LogP contribution < -0.4 is 5.73 Å². The van der Waals surface area contributed by atoms with Crippen LogP contribution in [0, 0.1) is 0 Å². The van der Waals surface area contributed by atoms with Gasteiger partial charge in [0, 0.05) is 25.2 Å². The molecule has 0 aromatic carbocycles. The summed E-state index contributed by atoms with van der Waals surface area (Å²) in [5, 5.41) is 3.87. The minimum Gasteiger partial charge on any atom is -0.343 e. The Morgan fingerprint density at radius 2 is 2.11 bits per heavy atom. The van der Waals surface area contributed by atoms with Crippen LogP contribution in [-0.2, 0) is 6.54 Å². The number of rotatable bonds is 3. The number of likely N-dealkylation sites (tertiary alicyclic amines) is 2. The third-order valence-corrected chi connectivity index (χ3v) is 4.11. The molecule has 0 radical (unpaired) electrons. The van der Waals surface area contributed by atoms with Gasteiger partial charge < -0.3 is 10.3 Å². The van der Waals surface area contributed by atoms with Crippen molar-refractivity contribution in [2.24, 2.45) is 5.73 Å². The second kappa shape index (κ2) is 5.34. The van der Waals surface area contributed by atoms with E-state index < -0.39 is 0 Å². The smallest absolute Gasteiger partial charge is 0.213 e. The normalized spacial score (nSPS) is 27.9. The molecule has 18 heavy (non-hydrogen) atoms. The van der Waals surface area contributed by atoms with Gasteiger partial charge in [-0.2, -0.15) is 4.98 Å². The van der Waals surface area contributed by atoms with Gasteiger partial charge in [-0.1, -0.05) is 5.16 Å². The monoisotopic (exact) mass is 251 g/mol. The van der Waals surface area contributed by atoms with Gasteiger partial charge in [0.15, 0.2) is 5.82 Å². The Labute approximate surface area is 107 Å². The second-order valence-corrected chi connectivity index (χ2v) is 5.40. The molecule has 1 atom stereocenters. The molecule has 6 nitrogen and oxygen atoms in total. The summed E-state index contributed by atoms with van der Waals surface area (Å²) in [5.41, 5.74) is 5.95. The molecule has 1 aromatic heterocycles. The first-order valence-corrected chi connectivity index (χ1v) is 6.78. The first-order valence-electron chi connectivity index (χ1n) is 6.78. The predicted molar refractivity (Wildman–Crippen MR) is 66.8 cm³/mol. The molecule has 1 unspecified atom stereocenters. The van der Waals surface area contributed by atoms with Gasteiger partial charge in [0.2, 0.25) is 6.39 Å². The van der Waals surface area contributed by atoms with E-state index in [0.717, 1.165) is 51.4 Å². The molecule has 2 fully saturated rings. The maximum absolute atomic E-state index is 5.95. The molecule has 100 valence electrons. The molecule has 6 heteroatoms. The summed E-state index contributed by atoms with van der Waals surface area (Å²) in [6.07, 6.45) is 4.92. The fourth-order valence-corrected chi connectivity index (χ4v) is 3.00. The minimum absolute atomic E-state index is 0.415. The van der Waals surface area contributed by atoms with Gasteiger partial charge >= 0.3 is 0 Å². The van der Waals surface area contributed by atoms with E-state index in [-0.39, 0.29) is 0 Å². The van der Waals surface area contributed by atoms with Gasteiger partial charge in [0.25, 0.3) is 0 Å². The van der Waals surface area contributed by atoms with E-state index in [1.54, 1.807) is 0 Å². The number of nitrogens with two attached hydrogens (primary N) is 1. The fourth-order valence-electron chi connectivity index (χ4n) is 3.00. The zero-order chi connectivity index (χ0) is 12.4. The van der Waals surface area contributed by atoms with Crippen molar-refractivity contribution in [1.82, 2.24) is 19.9 Å². The zero-order valence-electron chi connectivity index (χ0n) is 10.7. The molecule has 2 aliphatic heterocycles. The molecule has 0 aliphatic carbocycles. The van der Waals surface area contributed by atoms with Crippen LogP contribution in [-0.4, -0.2) is 58.2 Å². The van der Waals surface area contributed by atoms with Crippen molar-refractivity contribution in [3.8, 4) is 0 Å². The first-order chi connectivity index (χ1) is 8.81. The minimum atomic E-state index is 0.415. The standard InChI is InChI=1S/C12H21N5O/c13-10-1-5-17(6-2-10)11-3-4-16(7-11)8-12-14-9-18-15-12/h9-11H,1-8,13H2. The predicted octanol–water partition coefficient (Wildman–Crippen LogP) is 0.0670. The van der Waals surface area contributed by atoms with E-state index in [0.29, 0.717) is 12.1 Å². The molecule has 1 aromatic rings. The summed E-state index contributed by atoms with van der Waals surface area (Å²) in [6, 6.07) is 1.10. The highest BCUT2D eigenvalue weighted by Gasteiger charge is 2.30. The molecule has 2 aliphatic rings. The van der Waals surface area contributed by atoms with Crippen LogP contribution in [0.3, 0.4) is 0 Å².